The van der Waals surface area contributed by atoms with E-state index in [-0.39, 0.29) is 11.4 Å². The SMILES string of the molecule is CC/C=C(C)/C=C(\C)c1cc(=O)c(C)c(OC)o1. The normalized spacial score (nSPS) is 12.7. The molecule has 1 aromatic rings. The van der Waals surface area contributed by atoms with E-state index in [2.05, 4.69) is 13.0 Å². The predicted octanol–water partition coefficient (Wildman–Crippen LogP) is 3.72. The minimum absolute atomic E-state index is 0.0713. The Labute approximate surface area is 108 Å². The lowest BCUT2D eigenvalue weighted by atomic mass is 10.1. The highest BCUT2D eigenvalue weighted by atomic mass is 16.6. The monoisotopic (exact) mass is 248 g/mol. The maximum Gasteiger partial charge on any atom is 0.291 e. The second-order valence-electron chi connectivity index (χ2n) is 4.28. The largest absolute Gasteiger partial charge is 0.468 e. The molecular formula is C15H20O3. The lowest BCUT2D eigenvalue weighted by Crippen LogP contribution is -2.06. The predicted molar refractivity (Wildman–Crippen MR) is 74.0 cm³/mol. The zero-order chi connectivity index (χ0) is 13.7. The Morgan fingerprint density at radius 2 is 2.11 bits per heavy atom. The van der Waals surface area contributed by atoms with Crippen molar-refractivity contribution >= 4 is 5.57 Å². The summed E-state index contributed by atoms with van der Waals surface area (Å²) in [5.41, 5.74) is 2.48. The summed E-state index contributed by atoms with van der Waals surface area (Å²) in [6, 6.07) is 1.50. The van der Waals surface area contributed by atoms with Gasteiger partial charge in [0.1, 0.15) is 5.76 Å². The van der Waals surface area contributed by atoms with Crippen LogP contribution in [0.3, 0.4) is 0 Å². The third-order valence-electron chi connectivity index (χ3n) is 2.68. The first-order chi connectivity index (χ1) is 8.49. The summed E-state index contributed by atoms with van der Waals surface area (Å²) in [4.78, 5) is 11.8. The van der Waals surface area contributed by atoms with Gasteiger partial charge in [-0.2, -0.15) is 0 Å². The van der Waals surface area contributed by atoms with E-state index >= 15 is 0 Å². The van der Waals surface area contributed by atoms with E-state index in [4.69, 9.17) is 9.15 Å². The molecule has 98 valence electrons. The summed E-state index contributed by atoms with van der Waals surface area (Å²) in [6.45, 7) is 7.72. The molecule has 18 heavy (non-hydrogen) atoms. The molecular weight excluding hydrogens is 228 g/mol. The highest BCUT2D eigenvalue weighted by Crippen LogP contribution is 2.21. The van der Waals surface area contributed by atoms with Crippen molar-refractivity contribution in [2.75, 3.05) is 7.11 Å². The Kier molecular flexibility index (Phi) is 4.95. The molecule has 0 aromatic carbocycles. The zero-order valence-corrected chi connectivity index (χ0v) is 11.7. The number of rotatable bonds is 4. The fraction of sp³-hybridized carbons (Fsp3) is 0.400. The average Bonchev–Trinajstić information content (AvgIpc) is 2.32. The first-order valence-electron chi connectivity index (χ1n) is 6.03. The molecule has 0 radical (unpaired) electrons. The van der Waals surface area contributed by atoms with E-state index in [9.17, 15) is 4.79 Å². The maximum atomic E-state index is 11.8. The van der Waals surface area contributed by atoms with Crippen molar-refractivity contribution in [2.24, 2.45) is 0 Å². The molecule has 1 aromatic heterocycles. The number of hydrogen-bond donors (Lipinski definition) is 0. The molecule has 0 saturated carbocycles. The van der Waals surface area contributed by atoms with Gasteiger partial charge in [0.15, 0.2) is 5.43 Å². The molecule has 3 nitrogen and oxygen atoms in total. The van der Waals surface area contributed by atoms with Gasteiger partial charge in [-0.3, -0.25) is 4.79 Å². The topological polar surface area (TPSA) is 39.4 Å². The second-order valence-corrected chi connectivity index (χ2v) is 4.28. The van der Waals surface area contributed by atoms with Crippen LogP contribution in [0.5, 0.6) is 5.95 Å². The molecule has 0 aliphatic rings. The molecule has 0 atom stereocenters. The summed E-state index contributed by atoms with van der Waals surface area (Å²) < 4.78 is 10.6. The van der Waals surface area contributed by atoms with Crippen LogP contribution in [0, 0.1) is 6.92 Å². The molecule has 1 heterocycles. The van der Waals surface area contributed by atoms with Crippen LogP contribution in [0.25, 0.3) is 5.57 Å². The van der Waals surface area contributed by atoms with Gasteiger partial charge in [-0.05, 0) is 32.8 Å². The van der Waals surface area contributed by atoms with Gasteiger partial charge in [0.05, 0.1) is 12.7 Å². The molecule has 1 rings (SSSR count). The van der Waals surface area contributed by atoms with Crippen LogP contribution in [0.1, 0.15) is 38.5 Å². The number of methoxy groups -OCH3 is 1. The molecule has 3 heteroatoms. The minimum Gasteiger partial charge on any atom is -0.468 e. The van der Waals surface area contributed by atoms with E-state index in [0.29, 0.717) is 11.3 Å². The summed E-state index contributed by atoms with van der Waals surface area (Å²) in [7, 11) is 1.50. The number of allylic oxidation sites excluding steroid dienone is 4. The molecule has 0 aliphatic carbocycles. The Bertz CT molecular complexity index is 533. The number of ether oxygens (including phenoxy) is 1. The van der Waals surface area contributed by atoms with Crippen molar-refractivity contribution in [3.8, 4) is 5.95 Å². The van der Waals surface area contributed by atoms with Crippen molar-refractivity contribution in [3.05, 3.63) is 45.3 Å². The van der Waals surface area contributed by atoms with Crippen LogP contribution in [0.15, 0.2) is 33.0 Å². The number of hydrogen-bond acceptors (Lipinski definition) is 3. The Balaban J connectivity index is 3.22. The van der Waals surface area contributed by atoms with Crippen LogP contribution in [0.4, 0.5) is 0 Å². The molecule has 0 saturated heterocycles. The fourth-order valence-corrected chi connectivity index (χ4v) is 1.72. The fourth-order valence-electron chi connectivity index (χ4n) is 1.72. The Hall–Kier alpha value is -1.77. The van der Waals surface area contributed by atoms with E-state index < -0.39 is 0 Å². The molecule has 0 spiro atoms. The highest BCUT2D eigenvalue weighted by molar-refractivity contribution is 5.62. The van der Waals surface area contributed by atoms with Crippen LogP contribution in [0.2, 0.25) is 0 Å². The third-order valence-corrected chi connectivity index (χ3v) is 2.68. The van der Waals surface area contributed by atoms with Gasteiger partial charge in [-0.15, -0.1) is 0 Å². The summed E-state index contributed by atoms with van der Waals surface area (Å²) in [5.74, 6) is 0.827. The van der Waals surface area contributed by atoms with E-state index in [0.717, 1.165) is 17.6 Å². The van der Waals surface area contributed by atoms with E-state index in [1.807, 2.05) is 19.9 Å². The Morgan fingerprint density at radius 1 is 1.44 bits per heavy atom. The molecule has 0 aliphatic heterocycles. The minimum atomic E-state index is -0.0713. The lowest BCUT2D eigenvalue weighted by Gasteiger charge is -2.06. The summed E-state index contributed by atoms with van der Waals surface area (Å²) in [5, 5.41) is 0. The lowest BCUT2D eigenvalue weighted by molar-refractivity contribution is 0.289. The van der Waals surface area contributed by atoms with Crippen molar-refractivity contribution < 1.29 is 9.15 Å². The van der Waals surface area contributed by atoms with Gasteiger partial charge >= 0.3 is 0 Å². The first-order valence-corrected chi connectivity index (χ1v) is 6.03. The smallest absolute Gasteiger partial charge is 0.291 e. The van der Waals surface area contributed by atoms with Crippen LogP contribution in [-0.4, -0.2) is 7.11 Å². The second kappa shape index (κ2) is 6.24. The highest BCUT2D eigenvalue weighted by Gasteiger charge is 2.09. The van der Waals surface area contributed by atoms with Crippen molar-refractivity contribution in [1.82, 2.24) is 0 Å². The van der Waals surface area contributed by atoms with Gasteiger partial charge in [-0.25, -0.2) is 0 Å². The zero-order valence-electron chi connectivity index (χ0n) is 11.7. The summed E-state index contributed by atoms with van der Waals surface area (Å²) in [6.07, 6.45) is 5.10. The van der Waals surface area contributed by atoms with E-state index in [1.54, 1.807) is 6.92 Å². The molecule has 0 unspecified atom stereocenters. The maximum absolute atomic E-state index is 11.8. The molecule has 0 amide bonds. The van der Waals surface area contributed by atoms with Crippen LogP contribution >= 0.6 is 0 Å². The Morgan fingerprint density at radius 3 is 2.67 bits per heavy atom. The summed E-state index contributed by atoms with van der Waals surface area (Å²) >= 11 is 0. The standard InChI is InChI=1S/C15H20O3/c1-6-7-10(2)8-11(3)14-9-13(16)12(4)15(17-5)18-14/h7-9H,6H2,1-5H3/b10-7+,11-8+. The van der Waals surface area contributed by atoms with Gasteiger partial charge in [-0.1, -0.05) is 24.6 Å². The average molecular weight is 248 g/mol. The van der Waals surface area contributed by atoms with Crippen molar-refractivity contribution in [1.29, 1.82) is 0 Å². The first kappa shape index (κ1) is 14.3. The van der Waals surface area contributed by atoms with Crippen LogP contribution in [-0.2, 0) is 0 Å². The van der Waals surface area contributed by atoms with Gasteiger partial charge in [0, 0.05) is 6.07 Å². The van der Waals surface area contributed by atoms with Gasteiger partial charge in [0.2, 0.25) is 0 Å². The van der Waals surface area contributed by atoms with Crippen molar-refractivity contribution in [2.45, 2.75) is 34.1 Å². The quantitative estimate of drug-likeness (QED) is 0.762. The third kappa shape index (κ3) is 3.36. The van der Waals surface area contributed by atoms with E-state index in [1.165, 1.54) is 13.2 Å². The van der Waals surface area contributed by atoms with Gasteiger partial charge in [0.25, 0.3) is 5.95 Å². The molecule has 0 bridgehead atoms. The molecule has 0 fully saturated rings. The van der Waals surface area contributed by atoms with Gasteiger partial charge < -0.3 is 9.15 Å². The van der Waals surface area contributed by atoms with Crippen LogP contribution < -0.4 is 10.2 Å². The van der Waals surface area contributed by atoms with Crippen molar-refractivity contribution in [3.63, 3.8) is 0 Å². The molecule has 0 N–H and O–H groups in total.